The fourth-order valence-electron chi connectivity index (χ4n) is 3.03. The van der Waals surface area contributed by atoms with E-state index in [1.54, 1.807) is 24.3 Å². The first-order valence-electron chi connectivity index (χ1n) is 10.3. The van der Waals surface area contributed by atoms with Gasteiger partial charge in [0.1, 0.15) is 11.6 Å². The van der Waals surface area contributed by atoms with Crippen molar-refractivity contribution in [3.8, 4) is 23.7 Å². The Morgan fingerprint density at radius 1 is 0.917 bits per heavy atom. The van der Waals surface area contributed by atoms with E-state index >= 15 is 0 Å². The first-order chi connectivity index (χ1) is 17.0. The predicted molar refractivity (Wildman–Crippen MR) is 125 cm³/mol. The van der Waals surface area contributed by atoms with Crippen LogP contribution in [-0.2, 0) is 9.59 Å². The molecule has 0 radical (unpaired) electrons. The van der Waals surface area contributed by atoms with Crippen LogP contribution in [0.3, 0.4) is 0 Å². The molecule has 4 amide bonds. The van der Waals surface area contributed by atoms with Crippen LogP contribution < -0.4 is 21.8 Å². The van der Waals surface area contributed by atoms with Gasteiger partial charge in [0.15, 0.2) is 0 Å². The maximum atomic E-state index is 13.7. The number of alkyl halides is 2. The van der Waals surface area contributed by atoms with E-state index in [1.807, 2.05) is 5.32 Å². The van der Waals surface area contributed by atoms with E-state index in [2.05, 4.69) is 29.0 Å². The molecule has 0 spiro atoms. The summed E-state index contributed by atoms with van der Waals surface area (Å²) in [6, 6.07) is 9.98. The summed E-state index contributed by atoms with van der Waals surface area (Å²) in [6.07, 6.45) is -3.26. The third-order valence-electron chi connectivity index (χ3n) is 4.94. The molecule has 0 aromatic heterocycles. The summed E-state index contributed by atoms with van der Waals surface area (Å²) in [5.41, 5.74) is 5.38. The highest BCUT2D eigenvalue weighted by Crippen LogP contribution is 2.21. The Labute approximate surface area is 205 Å². The van der Waals surface area contributed by atoms with Gasteiger partial charge in [0, 0.05) is 29.2 Å². The molecule has 0 bridgehead atoms. The highest BCUT2D eigenvalue weighted by atomic mass is 19.3. The van der Waals surface area contributed by atoms with Gasteiger partial charge in [-0.25, -0.2) is 14.3 Å². The fourth-order valence-corrected chi connectivity index (χ4v) is 3.03. The third kappa shape index (κ3) is 7.13. The van der Waals surface area contributed by atoms with E-state index in [-0.39, 0.29) is 5.56 Å². The lowest BCUT2D eigenvalue weighted by atomic mass is 9.91. The minimum Gasteiger partial charge on any atom is -0.366 e. The monoisotopic (exact) mass is 496 g/mol. The van der Waals surface area contributed by atoms with E-state index in [9.17, 15) is 28.0 Å². The molecule has 186 valence electrons. The second kappa shape index (κ2) is 12.1. The lowest BCUT2D eigenvalue weighted by Gasteiger charge is -2.36. The standard InChI is InChI=1S/C25H22F2N4O5/c1-15(32)30-25(2,24(26)27)20(23(35)31-36)29-22(34)19-13-9-17(10-14-19)6-4-3-5-16-7-11-18(12-8-16)21(28)33/h7-14,20,24,36H,1-2H3,(H2,28,33)(H,29,34)(H,30,32)(H,31,35)/t20-,25?/m1/s1. The van der Waals surface area contributed by atoms with Crippen molar-refractivity contribution in [3.63, 3.8) is 0 Å². The van der Waals surface area contributed by atoms with E-state index in [4.69, 9.17) is 10.9 Å². The Balaban J connectivity index is 2.15. The first-order valence-corrected chi connectivity index (χ1v) is 10.3. The van der Waals surface area contributed by atoms with Gasteiger partial charge in [-0.05, 0) is 67.3 Å². The van der Waals surface area contributed by atoms with E-state index in [0.717, 1.165) is 13.8 Å². The van der Waals surface area contributed by atoms with Crippen molar-refractivity contribution in [1.29, 1.82) is 0 Å². The van der Waals surface area contributed by atoms with Gasteiger partial charge in [-0.1, -0.05) is 11.8 Å². The number of hydrogen-bond donors (Lipinski definition) is 5. The molecule has 0 aliphatic heterocycles. The lowest BCUT2D eigenvalue weighted by molar-refractivity contribution is -0.137. The highest BCUT2D eigenvalue weighted by molar-refractivity contribution is 5.98. The Hall–Kier alpha value is -4.74. The molecular weight excluding hydrogens is 474 g/mol. The average Bonchev–Trinajstić information content (AvgIpc) is 2.84. The number of hydroxylamine groups is 1. The van der Waals surface area contributed by atoms with Crippen molar-refractivity contribution in [1.82, 2.24) is 16.1 Å². The number of benzene rings is 2. The van der Waals surface area contributed by atoms with Gasteiger partial charge in [-0.2, -0.15) is 0 Å². The molecule has 36 heavy (non-hydrogen) atoms. The molecule has 0 heterocycles. The smallest absolute Gasteiger partial charge is 0.268 e. The summed E-state index contributed by atoms with van der Waals surface area (Å²) in [5, 5.41) is 13.0. The number of amides is 4. The lowest BCUT2D eigenvalue weighted by Crippen LogP contribution is -2.68. The first kappa shape index (κ1) is 27.5. The number of nitrogens with two attached hydrogens (primary N) is 1. The van der Waals surface area contributed by atoms with Crippen molar-refractivity contribution >= 4 is 23.6 Å². The zero-order chi connectivity index (χ0) is 26.9. The SMILES string of the molecule is CC(=O)NC(C)(C(F)F)[C@H](NC(=O)c1ccc(C#CC#Cc2ccc(C(N)=O)cc2)cc1)C(=O)NO. The molecule has 11 heteroatoms. The van der Waals surface area contributed by atoms with Crippen LogP contribution >= 0.6 is 0 Å². The molecule has 2 atom stereocenters. The van der Waals surface area contributed by atoms with E-state index < -0.39 is 41.6 Å². The summed E-state index contributed by atoms with van der Waals surface area (Å²) in [6.45, 7) is 1.84. The highest BCUT2D eigenvalue weighted by Gasteiger charge is 2.48. The van der Waals surface area contributed by atoms with Gasteiger partial charge < -0.3 is 16.4 Å². The minimum atomic E-state index is -3.26. The van der Waals surface area contributed by atoms with Gasteiger partial charge in [0.05, 0.1) is 0 Å². The van der Waals surface area contributed by atoms with Gasteiger partial charge in [0.25, 0.3) is 18.2 Å². The number of carbonyl (C=O) groups excluding carboxylic acids is 4. The Kier molecular flexibility index (Phi) is 9.25. The molecule has 0 fully saturated rings. The van der Waals surface area contributed by atoms with Gasteiger partial charge in [-0.3, -0.25) is 24.4 Å². The van der Waals surface area contributed by atoms with E-state index in [1.165, 1.54) is 29.7 Å². The number of hydrogen-bond acceptors (Lipinski definition) is 5. The second-order valence-corrected chi connectivity index (χ2v) is 7.67. The summed E-state index contributed by atoms with van der Waals surface area (Å²) in [5.74, 6) is 7.18. The maximum absolute atomic E-state index is 13.7. The van der Waals surface area contributed by atoms with Crippen molar-refractivity contribution in [2.45, 2.75) is 31.9 Å². The molecule has 2 aromatic carbocycles. The largest absolute Gasteiger partial charge is 0.366 e. The van der Waals surface area contributed by atoms with Crippen LogP contribution in [0.5, 0.6) is 0 Å². The van der Waals surface area contributed by atoms with Crippen molar-refractivity contribution < 1.29 is 33.2 Å². The predicted octanol–water partition coefficient (Wildman–Crippen LogP) is 0.952. The van der Waals surface area contributed by atoms with Crippen molar-refractivity contribution in [3.05, 3.63) is 70.8 Å². The molecule has 2 rings (SSSR count). The van der Waals surface area contributed by atoms with E-state index in [0.29, 0.717) is 16.7 Å². The fraction of sp³-hybridized carbons (Fsp3) is 0.200. The zero-order valence-electron chi connectivity index (χ0n) is 19.2. The summed E-state index contributed by atoms with van der Waals surface area (Å²) >= 11 is 0. The minimum absolute atomic E-state index is 0.0105. The van der Waals surface area contributed by atoms with Gasteiger partial charge >= 0.3 is 0 Å². The molecule has 9 nitrogen and oxygen atoms in total. The zero-order valence-corrected chi connectivity index (χ0v) is 19.2. The third-order valence-corrected chi connectivity index (χ3v) is 4.94. The van der Waals surface area contributed by atoms with Gasteiger partial charge in [0.2, 0.25) is 11.8 Å². The van der Waals surface area contributed by atoms with Crippen molar-refractivity contribution in [2.24, 2.45) is 5.73 Å². The Bertz CT molecular complexity index is 1270. The van der Waals surface area contributed by atoms with Crippen LogP contribution in [0.15, 0.2) is 48.5 Å². The van der Waals surface area contributed by atoms with Crippen molar-refractivity contribution in [2.75, 3.05) is 0 Å². The number of rotatable bonds is 7. The molecule has 2 aromatic rings. The molecule has 0 aliphatic rings. The molecule has 1 unspecified atom stereocenters. The van der Waals surface area contributed by atoms with Crippen LogP contribution in [0.2, 0.25) is 0 Å². The van der Waals surface area contributed by atoms with Gasteiger partial charge in [-0.15, -0.1) is 0 Å². The molecular formula is C25H22F2N4O5. The summed E-state index contributed by atoms with van der Waals surface area (Å²) in [7, 11) is 0. The maximum Gasteiger partial charge on any atom is 0.268 e. The van der Waals surface area contributed by atoms with Crippen LogP contribution in [-0.4, -0.2) is 46.8 Å². The number of primary amides is 1. The Morgan fingerprint density at radius 3 is 1.78 bits per heavy atom. The second-order valence-electron chi connectivity index (χ2n) is 7.67. The number of carbonyl (C=O) groups is 4. The van der Waals surface area contributed by atoms with Crippen LogP contribution in [0, 0.1) is 23.7 Å². The quantitative estimate of drug-likeness (QED) is 0.220. The molecule has 0 aliphatic carbocycles. The number of halogens is 2. The molecule has 6 N–H and O–H groups in total. The molecule has 0 saturated heterocycles. The van der Waals surface area contributed by atoms with Crippen LogP contribution in [0.1, 0.15) is 45.7 Å². The Morgan fingerprint density at radius 2 is 1.39 bits per heavy atom. The summed E-state index contributed by atoms with van der Waals surface area (Å²) in [4.78, 5) is 47.1. The normalized spacial score (nSPS) is 12.5. The topological polar surface area (TPSA) is 151 Å². The van der Waals surface area contributed by atoms with Crippen LogP contribution in [0.25, 0.3) is 0 Å². The molecule has 0 saturated carbocycles. The summed E-state index contributed by atoms with van der Waals surface area (Å²) < 4.78 is 27.5. The average molecular weight is 496 g/mol. The number of nitrogens with one attached hydrogen (secondary N) is 3. The van der Waals surface area contributed by atoms with Crippen LogP contribution in [0.4, 0.5) is 8.78 Å².